The van der Waals surface area contributed by atoms with Crippen molar-refractivity contribution in [2.75, 3.05) is 13.1 Å². The maximum absolute atomic E-state index is 12.7. The minimum Gasteiger partial charge on any atom is -0.364 e. The molecule has 154 valence electrons. The van der Waals surface area contributed by atoms with E-state index in [0.29, 0.717) is 24.8 Å². The zero-order valence-electron chi connectivity index (χ0n) is 17.2. The highest BCUT2D eigenvalue weighted by molar-refractivity contribution is 5.28. The summed E-state index contributed by atoms with van der Waals surface area (Å²) in [6, 6.07) is 6.64. The van der Waals surface area contributed by atoms with Gasteiger partial charge in [0.15, 0.2) is 5.82 Å². The summed E-state index contributed by atoms with van der Waals surface area (Å²) in [6.07, 6.45) is 3.08. The highest BCUT2D eigenvalue weighted by Gasteiger charge is 2.43. The highest BCUT2D eigenvalue weighted by Crippen LogP contribution is 2.32. The number of aromatic nitrogens is 3. The summed E-state index contributed by atoms with van der Waals surface area (Å²) < 4.78 is 9.18. The molecule has 1 spiro atoms. The van der Waals surface area contributed by atoms with Crippen molar-refractivity contribution in [2.45, 2.75) is 65.0 Å². The van der Waals surface area contributed by atoms with Crippen LogP contribution in [0.2, 0.25) is 0 Å². The van der Waals surface area contributed by atoms with Crippen molar-refractivity contribution in [3.05, 3.63) is 61.4 Å². The van der Waals surface area contributed by atoms with Crippen LogP contribution in [-0.4, -0.2) is 37.9 Å². The van der Waals surface area contributed by atoms with Gasteiger partial charge in [-0.1, -0.05) is 29.3 Å². The zero-order valence-corrected chi connectivity index (χ0v) is 17.2. The predicted octanol–water partition coefficient (Wildman–Crippen LogP) is 1.61. The van der Waals surface area contributed by atoms with Crippen molar-refractivity contribution >= 4 is 0 Å². The third kappa shape index (κ3) is 3.69. The van der Waals surface area contributed by atoms with Gasteiger partial charge in [0.05, 0.1) is 6.54 Å². The Morgan fingerprint density at radius 2 is 1.86 bits per heavy atom. The number of benzene rings is 1. The second-order valence-corrected chi connectivity index (χ2v) is 9.17. The standard InChI is InChI=1S/C22H28N4O3/c1-15-7-16(2)9-18(8-15)10-24-6-5-22(13-24)14-25-19(12-29-22)23-26(11-17-3-4-17)21(28)20(25)27/h7-9,17H,3-6,10-14H2,1-2H3. The van der Waals surface area contributed by atoms with Crippen LogP contribution in [0.1, 0.15) is 41.8 Å². The summed E-state index contributed by atoms with van der Waals surface area (Å²) >= 11 is 0. The van der Waals surface area contributed by atoms with Gasteiger partial charge in [0, 0.05) is 26.2 Å². The lowest BCUT2D eigenvalue weighted by molar-refractivity contribution is -0.0859. The van der Waals surface area contributed by atoms with E-state index in [1.807, 2.05) is 0 Å². The van der Waals surface area contributed by atoms with E-state index in [-0.39, 0.29) is 6.61 Å². The summed E-state index contributed by atoms with van der Waals surface area (Å²) in [7, 11) is 0. The Balaban J connectivity index is 1.34. The summed E-state index contributed by atoms with van der Waals surface area (Å²) in [5.41, 5.74) is 2.49. The van der Waals surface area contributed by atoms with Gasteiger partial charge in [0.1, 0.15) is 12.2 Å². The Bertz CT molecular complexity index is 1050. The molecule has 29 heavy (non-hydrogen) atoms. The molecule has 0 bridgehead atoms. The Hall–Kier alpha value is -2.25. The number of likely N-dealkylation sites (tertiary alicyclic amines) is 1. The van der Waals surface area contributed by atoms with E-state index in [4.69, 9.17) is 4.74 Å². The minimum absolute atomic E-state index is 0.289. The molecular weight excluding hydrogens is 368 g/mol. The molecule has 3 aliphatic rings. The lowest BCUT2D eigenvalue weighted by Gasteiger charge is -2.35. The lowest BCUT2D eigenvalue weighted by atomic mass is 10.0. The Morgan fingerprint density at radius 1 is 1.10 bits per heavy atom. The number of fused-ring (bicyclic) bond motifs is 1. The molecule has 2 aliphatic heterocycles. The molecule has 7 heteroatoms. The van der Waals surface area contributed by atoms with Gasteiger partial charge in [-0.15, -0.1) is 0 Å². The molecule has 7 nitrogen and oxygen atoms in total. The molecule has 5 rings (SSSR count). The van der Waals surface area contributed by atoms with Crippen LogP contribution in [-0.2, 0) is 31.0 Å². The van der Waals surface area contributed by atoms with Gasteiger partial charge in [-0.3, -0.25) is 19.1 Å². The van der Waals surface area contributed by atoms with E-state index < -0.39 is 16.7 Å². The first-order chi connectivity index (χ1) is 13.9. The van der Waals surface area contributed by atoms with E-state index in [9.17, 15) is 9.59 Å². The number of hydrogen-bond donors (Lipinski definition) is 0. The smallest absolute Gasteiger partial charge is 0.332 e. The van der Waals surface area contributed by atoms with Crippen molar-refractivity contribution in [1.29, 1.82) is 0 Å². The van der Waals surface area contributed by atoms with E-state index in [0.717, 1.165) is 38.9 Å². The van der Waals surface area contributed by atoms with Crippen LogP contribution in [0.4, 0.5) is 0 Å². The molecule has 1 aromatic carbocycles. The minimum atomic E-state index is -0.497. The second kappa shape index (κ2) is 6.92. The van der Waals surface area contributed by atoms with Crippen molar-refractivity contribution in [1.82, 2.24) is 19.2 Å². The molecule has 1 saturated heterocycles. The molecule has 0 radical (unpaired) electrons. The van der Waals surface area contributed by atoms with E-state index in [1.54, 1.807) is 4.57 Å². The summed E-state index contributed by atoms with van der Waals surface area (Å²) in [5.74, 6) is 1.07. The predicted molar refractivity (Wildman–Crippen MR) is 109 cm³/mol. The Labute approximate surface area is 169 Å². The average molecular weight is 396 g/mol. The van der Waals surface area contributed by atoms with E-state index in [1.165, 1.54) is 21.4 Å². The van der Waals surface area contributed by atoms with Gasteiger partial charge in [-0.05, 0) is 44.6 Å². The van der Waals surface area contributed by atoms with Crippen LogP contribution < -0.4 is 11.1 Å². The maximum atomic E-state index is 12.7. The molecule has 0 amide bonds. The summed E-state index contributed by atoms with van der Waals surface area (Å²) in [4.78, 5) is 27.6. The van der Waals surface area contributed by atoms with Crippen molar-refractivity contribution in [3.63, 3.8) is 0 Å². The van der Waals surface area contributed by atoms with Crippen molar-refractivity contribution in [3.8, 4) is 0 Å². The number of ether oxygens (including phenoxy) is 1. The van der Waals surface area contributed by atoms with Crippen molar-refractivity contribution in [2.24, 2.45) is 5.92 Å². The third-order valence-corrected chi connectivity index (χ3v) is 6.38. The maximum Gasteiger partial charge on any atom is 0.332 e. The SMILES string of the molecule is Cc1cc(C)cc(CN2CCC3(C2)Cn2c(nn(CC4CC4)c(=O)c2=O)CO3)c1. The largest absolute Gasteiger partial charge is 0.364 e. The van der Waals surface area contributed by atoms with Crippen LogP contribution in [0, 0.1) is 19.8 Å². The molecule has 0 N–H and O–H groups in total. The normalized spacial score (nSPS) is 24.2. The number of hydrogen-bond acceptors (Lipinski definition) is 5. The summed E-state index contributed by atoms with van der Waals surface area (Å²) in [5, 5.41) is 4.44. The lowest BCUT2D eigenvalue weighted by Crippen LogP contribution is -2.53. The topological polar surface area (TPSA) is 69.4 Å². The van der Waals surface area contributed by atoms with Crippen LogP contribution >= 0.6 is 0 Å². The molecule has 1 saturated carbocycles. The molecule has 1 atom stereocenters. The van der Waals surface area contributed by atoms with E-state index in [2.05, 4.69) is 42.0 Å². The van der Waals surface area contributed by atoms with Gasteiger partial charge < -0.3 is 4.74 Å². The Kier molecular flexibility index (Phi) is 4.47. The molecule has 2 aromatic rings. The van der Waals surface area contributed by atoms with Crippen LogP contribution in [0.5, 0.6) is 0 Å². The molecule has 2 fully saturated rings. The van der Waals surface area contributed by atoms with Gasteiger partial charge in [0.25, 0.3) is 0 Å². The molecule has 3 heterocycles. The first kappa shape index (κ1) is 18.8. The second-order valence-electron chi connectivity index (χ2n) is 9.17. The highest BCUT2D eigenvalue weighted by atomic mass is 16.5. The number of rotatable bonds is 4. The Morgan fingerprint density at radius 3 is 2.59 bits per heavy atom. The fourth-order valence-corrected chi connectivity index (χ4v) is 4.80. The molecular formula is C22H28N4O3. The van der Waals surface area contributed by atoms with Crippen molar-refractivity contribution < 1.29 is 4.74 Å². The third-order valence-electron chi connectivity index (χ3n) is 6.38. The van der Waals surface area contributed by atoms with Crippen LogP contribution in [0.25, 0.3) is 0 Å². The fraction of sp³-hybridized carbons (Fsp3) is 0.591. The molecule has 1 unspecified atom stereocenters. The molecule has 1 aromatic heterocycles. The van der Waals surface area contributed by atoms with Gasteiger partial charge in [-0.25, -0.2) is 4.68 Å². The number of nitrogens with zero attached hydrogens (tertiary/aromatic N) is 4. The van der Waals surface area contributed by atoms with Gasteiger partial charge >= 0.3 is 11.1 Å². The molecule has 1 aliphatic carbocycles. The first-order valence-electron chi connectivity index (χ1n) is 10.6. The first-order valence-corrected chi connectivity index (χ1v) is 10.6. The average Bonchev–Trinajstić information content (AvgIpc) is 3.41. The van der Waals surface area contributed by atoms with Crippen LogP contribution in [0.15, 0.2) is 27.8 Å². The van der Waals surface area contributed by atoms with Gasteiger partial charge in [0.2, 0.25) is 0 Å². The number of aryl methyl sites for hydroxylation is 2. The summed E-state index contributed by atoms with van der Waals surface area (Å²) in [6.45, 7) is 8.05. The van der Waals surface area contributed by atoms with Gasteiger partial charge in [-0.2, -0.15) is 5.10 Å². The quantitative estimate of drug-likeness (QED) is 0.735. The fourth-order valence-electron chi connectivity index (χ4n) is 4.80. The monoisotopic (exact) mass is 396 g/mol. The zero-order chi connectivity index (χ0) is 20.2. The van der Waals surface area contributed by atoms with E-state index >= 15 is 0 Å². The van der Waals surface area contributed by atoms with Crippen LogP contribution in [0.3, 0.4) is 0 Å².